The smallest absolute Gasteiger partial charge is 0.183 e. The largest absolute Gasteiger partial charge is 0.377 e. The van der Waals surface area contributed by atoms with Crippen molar-refractivity contribution in [1.82, 2.24) is 0 Å². The van der Waals surface area contributed by atoms with E-state index in [9.17, 15) is 4.79 Å². The predicted octanol–water partition coefficient (Wildman–Crippen LogP) is 1.26. The topological polar surface area (TPSA) is 35.5 Å². The first-order valence-corrected chi connectivity index (χ1v) is 4.04. The standard InChI is InChI=1S/C9H18O3/c1-9(2,3)7-12-6-8(10)5-11-4/h5-7H2,1-4H3. The molecule has 0 rings (SSSR count). The number of methoxy groups -OCH3 is 1. The lowest BCUT2D eigenvalue weighted by atomic mass is 9.99. The Balaban J connectivity index is 3.37. The molecule has 0 aromatic carbocycles. The molecule has 0 heterocycles. The van der Waals surface area contributed by atoms with Crippen molar-refractivity contribution in [3.8, 4) is 0 Å². The van der Waals surface area contributed by atoms with Gasteiger partial charge in [0.05, 0.1) is 6.61 Å². The first kappa shape index (κ1) is 11.6. The van der Waals surface area contributed by atoms with Crippen LogP contribution < -0.4 is 0 Å². The van der Waals surface area contributed by atoms with Crippen molar-refractivity contribution in [2.45, 2.75) is 20.8 Å². The molecule has 0 aromatic heterocycles. The zero-order valence-electron chi connectivity index (χ0n) is 8.35. The van der Waals surface area contributed by atoms with Crippen molar-refractivity contribution in [2.24, 2.45) is 5.41 Å². The van der Waals surface area contributed by atoms with Crippen molar-refractivity contribution in [3.05, 3.63) is 0 Å². The molecule has 0 fully saturated rings. The van der Waals surface area contributed by atoms with E-state index in [1.54, 1.807) is 0 Å². The van der Waals surface area contributed by atoms with E-state index in [1.807, 2.05) is 0 Å². The molecule has 0 atom stereocenters. The fraction of sp³-hybridized carbons (Fsp3) is 0.889. The number of carbonyl (C=O) groups excluding carboxylic acids is 1. The molecule has 3 nitrogen and oxygen atoms in total. The van der Waals surface area contributed by atoms with Crippen LogP contribution in [0.4, 0.5) is 0 Å². The second-order valence-corrected chi connectivity index (χ2v) is 4.03. The molecule has 0 amide bonds. The third-order valence-electron chi connectivity index (χ3n) is 1.10. The molecule has 0 radical (unpaired) electrons. The number of Topliss-reactive ketones (excluding diaryl/α,β-unsaturated/α-hetero) is 1. The summed E-state index contributed by atoms with van der Waals surface area (Å²) < 4.78 is 9.84. The Morgan fingerprint density at radius 1 is 1.25 bits per heavy atom. The highest BCUT2D eigenvalue weighted by atomic mass is 16.5. The van der Waals surface area contributed by atoms with Gasteiger partial charge in [0.15, 0.2) is 5.78 Å². The summed E-state index contributed by atoms with van der Waals surface area (Å²) in [4.78, 5) is 10.9. The van der Waals surface area contributed by atoms with Gasteiger partial charge in [-0.3, -0.25) is 4.79 Å². The van der Waals surface area contributed by atoms with Crippen LogP contribution >= 0.6 is 0 Å². The maximum Gasteiger partial charge on any atom is 0.183 e. The Kier molecular flexibility index (Phi) is 5.09. The highest BCUT2D eigenvalue weighted by Crippen LogP contribution is 2.12. The Morgan fingerprint density at radius 2 is 1.83 bits per heavy atom. The Labute approximate surface area is 74.0 Å². The lowest BCUT2D eigenvalue weighted by Gasteiger charge is -2.17. The molecule has 0 bridgehead atoms. The molecule has 0 aliphatic rings. The summed E-state index contributed by atoms with van der Waals surface area (Å²) in [7, 11) is 1.50. The van der Waals surface area contributed by atoms with Gasteiger partial charge in [-0.15, -0.1) is 0 Å². The van der Waals surface area contributed by atoms with Gasteiger partial charge in [-0.1, -0.05) is 20.8 Å². The molecular formula is C9H18O3. The minimum atomic E-state index is -0.0123. The van der Waals surface area contributed by atoms with Crippen LogP contribution in [0.1, 0.15) is 20.8 Å². The van der Waals surface area contributed by atoms with Gasteiger partial charge in [-0.05, 0) is 5.41 Å². The van der Waals surface area contributed by atoms with Crippen LogP contribution in [0, 0.1) is 5.41 Å². The molecule has 0 saturated carbocycles. The Bertz CT molecular complexity index is 135. The summed E-state index contributed by atoms with van der Waals surface area (Å²) in [6, 6.07) is 0. The van der Waals surface area contributed by atoms with Crippen molar-refractivity contribution >= 4 is 5.78 Å². The average molecular weight is 174 g/mol. The SMILES string of the molecule is COCC(=O)COCC(C)(C)C. The lowest BCUT2D eigenvalue weighted by molar-refractivity contribution is -0.128. The molecule has 0 aliphatic heterocycles. The lowest BCUT2D eigenvalue weighted by Crippen LogP contribution is -2.20. The summed E-state index contributed by atoms with van der Waals surface area (Å²) >= 11 is 0. The van der Waals surface area contributed by atoms with Gasteiger partial charge in [0.2, 0.25) is 0 Å². The van der Waals surface area contributed by atoms with E-state index in [0.29, 0.717) is 6.61 Å². The van der Waals surface area contributed by atoms with E-state index < -0.39 is 0 Å². The number of hydrogen-bond acceptors (Lipinski definition) is 3. The highest BCUT2D eigenvalue weighted by molar-refractivity contribution is 5.80. The fourth-order valence-corrected chi connectivity index (χ4v) is 0.674. The Hall–Kier alpha value is -0.410. The van der Waals surface area contributed by atoms with Gasteiger partial charge in [0.25, 0.3) is 0 Å². The van der Waals surface area contributed by atoms with Crippen molar-refractivity contribution in [3.63, 3.8) is 0 Å². The maximum absolute atomic E-state index is 10.9. The quantitative estimate of drug-likeness (QED) is 0.629. The van der Waals surface area contributed by atoms with E-state index in [4.69, 9.17) is 4.74 Å². The third kappa shape index (κ3) is 7.69. The predicted molar refractivity (Wildman–Crippen MR) is 47.2 cm³/mol. The molecule has 0 spiro atoms. The molecule has 12 heavy (non-hydrogen) atoms. The summed E-state index contributed by atoms with van der Waals surface area (Å²) in [5.41, 5.74) is 0.118. The maximum atomic E-state index is 10.9. The van der Waals surface area contributed by atoms with E-state index in [2.05, 4.69) is 25.5 Å². The molecular weight excluding hydrogens is 156 g/mol. The second-order valence-electron chi connectivity index (χ2n) is 4.03. The van der Waals surface area contributed by atoms with Gasteiger partial charge >= 0.3 is 0 Å². The minimum Gasteiger partial charge on any atom is -0.377 e. The molecule has 0 N–H and O–H groups in total. The third-order valence-corrected chi connectivity index (χ3v) is 1.10. The van der Waals surface area contributed by atoms with Crippen LogP contribution in [-0.2, 0) is 14.3 Å². The number of ketones is 1. The van der Waals surface area contributed by atoms with Crippen molar-refractivity contribution in [1.29, 1.82) is 0 Å². The minimum absolute atomic E-state index is 0.0123. The highest BCUT2D eigenvalue weighted by Gasteiger charge is 2.11. The zero-order valence-corrected chi connectivity index (χ0v) is 8.35. The van der Waals surface area contributed by atoms with E-state index in [-0.39, 0.29) is 24.4 Å². The zero-order chi connectivity index (χ0) is 9.61. The first-order valence-electron chi connectivity index (χ1n) is 4.04. The van der Waals surface area contributed by atoms with Gasteiger partial charge in [0, 0.05) is 7.11 Å². The first-order chi connectivity index (χ1) is 5.45. The van der Waals surface area contributed by atoms with Crippen molar-refractivity contribution < 1.29 is 14.3 Å². The number of ether oxygens (including phenoxy) is 2. The molecule has 0 unspecified atom stereocenters. The van der Waals surface area contributed by atoms with Crippen molar-refractivity contribution in [2.75, 3.05) is 26.9 Å². The summed E-state index contributed by atoms with van der Waals surface area (Å²) in [6.07, 6.45) is 0. The molecule has 0 aliphatic carbocycles. The number of hydrogen-bond donors (Lipinski definition) is 0. The Morgan fingerprint density at radius 3 is 2.25 bits per heavy atom. The summed E-state index contributed by atoms with van der Waals surface area (Å²) in [5.74, 6) is -0.0123. The van der Waals surface area contributed by atoms with Crippen LogP contribution in [0.5, 0.6) is 0 Å². The number of rotatable bonds is 5. The fourth-order valence-electron chi connectivity index (χ4n) is 0.674. The average Bonchev–Trinajstić information content (AvgIpc) is 1.84. The van der Waals surface area contributed by atoms with E-state index in [1.165, 1.54) is 7.11 Å². The number of carbonyl (C=O) groups is 1. The van der Waals surface area contributed by atoms with Gasteiger partial charge in [0.1, 0.15) is 13.2 Å². The van der Waals surface area contributed by atoms with Gasteiger partial charge in [-0.2, -0.15) is 0 Å². The van der Waals surface area contributed by atoms with E-state index >= 15 is 0 Å². The molecule has 72 valence electrons. The summed E-state index contributed by atoms with van der Waals surface area (Å²) in [6.45, 7) is 7.09. The molecule has 3 heteroatoms. The van der Waals surface area contributed by atoms with E-state index in [0.717, 1.165) is 0 Å². The second kappa shape index (κ2) is 5.27. The summed E-state index contributed by atoms with van der Waals surface area (Å²) in [5, 5.41) is 0. The van der Waals surface area contributed by atoms with Gasteiger partial charge < -0.3 is 9.47 Å². The van der Waals surface area contributed by atoms with Crippen LogP contribution in [-0.4, -0.2) is 32.7 Å². The normalized spacial score (nSPS) is 11.7. The van der Waals surface area contributed by atoms with Crippen LogP contribution in [0.3, 0.4) is 0 Å². The molecule has 0 aromatic rings. The van der Waals surface area contributed by atoms with Gasteiger partial charge in [-0.25, -0.2) is 0 Å². The van der Waals surface area contributed by atoms with Crippen LogP contribution in [0.15, 0.2) is 0 Å². The van der Waals surface area contributed by atoms with Crippen LogP contribution in [0.2, 0.25) is 0 Å². The molecule has 0 saturated heterocycles. The monoisotopic (exact) mass is 174 g/mol. The van der Waals surface area contributed by atoms with Crippen LogP contribution in [0.25, 0.3) is 0 Å².